The Labute approximate surface area is 162 Å². The van der Waals surface area contributed by atoms with E-state index in [2.05, 4.69) is 5.32 Å². The lowest BCUT2D eigenvalue weighted by atomic mass is 10.2. The molecule has 0 radical (unpaired) electrons. The zero-order chi connectivity index (χ0) is 19.8. The fourth-order valence-corrected chi connectivity index (χ4v) is 2.14. The molecule has 0 unspecified atom stereocenters. The third kappa shape index (κ3) is 6.75. The average Bonchev–Trinajstić information content (AvgIpc) is 2.65. The second kappa shape index (κ2) is 9.73. The van der Waals surface area contributed by atoms with Crippen LogP contribution in [-0.2, 0) is 14.3 Å². The minimum atomic E-state index is -0.620. The molecule has 7 heteroatoms. The molecule has 0 bridgehead atoms. The summed E-state index contributed by atoms with van der Waals surface area (Å²) in [6.45, 7) is 3.81. The van der Waals surface area contributed by atoms with Gasteiger partial charge in [-0.1, -0.05) is 25.4 Å². The van der Waals surface area contributed by atoms with Gasteiger partial charge in [0, 0.05) is 10.7 Å². The number of benzene rings is 2. The molecule has 1 N–H and O–H groups in total. The standard InChI is InChI=1S/C20H20ClNO5/c1-13(2)11-26-19(24)15-5-9-17(10-6-15)22-18(23)12-27-20(25)14-3-7-16(21)8-4-14/h3-10,13H,11-12H2,1-2H3,(H,22,23). The van der Waals surface area contributed by atoms with Crippen molar-refractivity contribution >= 4 is 35.1 Å². The molecule has 2 rings (SSSR count). The Balaban J connectivity index is 1.82. The Morgan fingerprint density at radius 2 is 1.41 bits per heavy atom. The van der Waals surface area contributed by atoms with Gasteiger partial charge in [0.05, 0.1) is 17.7 Å². The van der Waals surface area contributed by atoms with E-state index in [4.69, 9.17) is 21.1 Å². The molecule has 0 atom stereocenters. The molecule has 0 aliphatic rings. The van der Waals surface area contributed by atoms with Crippen LogP contribution < -0.4 is 5.32 Å². The summed E-state index contributed by atoms with van der Waals surface area (Å²) in [4.78, 5) is 35.6. The first-order chi connectivity index (χ1) is 12.8. The lowest BCUT2D eigenvalue weighted by Gasteiger charge is -2.09. The molecule has 0 spiro atoms. The normalized spacial score (nSPS) is 10.4. The van der Waals surface area contributed by atoms with Gasteiger partial charge in [-0.2, -0.15) is 0 Å². The molecular weight excluding hydrogens is 370 g/mol. The van der Waals surface area contributed by atoms with E-state index in [1.165, 1.54) is 12.1 Å². The Morgan fingerprint density at radius 1 is 0.889 bits per heavy atom. The third-order valence-electron chi connectivity index (χ3n) is 3.37. The zero-order valence-electron chi connectivity index (χ0n) is 15.0. The number of carbonyl (C=O) groups is 3. The number of ether oxygens (including phenoxy) is 2. The summed E-state index contributed by atoms with van der Waals surface area (Å²) < 4.78 is 10.1. The van der Waals surface area contributed by atoms with Crippen LogP contribution in [0.3, 0.4) is 0 Å². The molecule has 2 aromatic rings. The topological polar surface area (TPSA) is 81.7 Å². The van der Waals surface area contributed by atoms with Gasteiger partial charge in [0.15, 0.2) is 6.61 Å². The molecule has 0 heterocycles. The third-order valence-corrected chi connectivity index (χ3v) is 3.62. The smallest absolute Gasteiger partial charge is 0.338 e. The van der Waals surface area contributed by atoms with Gasteiger partial charge in [-0.15, -0.1) is 0 Å². The van der Waals surface area contributed by atoms with Crippen molar-refractivity contribution in [3.8, 4) is 0 Å². The second-order valence-electron chi connectivity index (χ2n) is 6.20. The highest BCUT2D eigenvalue weighted by Crippen LogP contribution is 2.12. The quantitative estimate of drug-likeness (QED) is 0.725. The molecule has 0 saturated heterocycles. The van der Waals surface area contributed by atoms with Crippen LogP contribution in [0.5, 0.6) is 0 Å². The van der Waals surface area contributed by atoms with Gasteiger partial charge in [0.1, 0.15) is 0 Å². The summed E-state index contributed by atoms with van der Waals surface area (Å²) in [7, 11) is 0. The zero-order valence-corrected chi connectivity index (χ0v) is 15.8. The molecule has 27 heavy (non-hydrogen) atoms. The van der Waals surface area contributed by atoms with Crippen molar-refractivity contribution in [1.29, 1.82) is 0 Å². The van der Waals surface area contributed by atoms with Crippen molar-refractivity contribution in [1.82, 2.24) is 0 Å². The van der Waals surface area contributed by atoms with Crippen LogP contribution in [0.2, 0.25) is 5.02 Å². The van der Waals surface area contributed by atoms with E-state index in [1.807, 2.05) is 13.8 Å². The van der Waals surface area contributed by atoms with Crippen LogP contribution >= 0.6 is 11.6 Å². The summed E-state index contributed by atoms with van der Waals surface area (Å²) in [5.74, 6) is -1.28. The first-order valence-electron chi connectivity index (χ1n) is 8.35. The van der Waals surface area contributed by atoms with Crippen molar-refractivity contribution in [2.24, 2.45) is 5.92 Å². The van der Waals surface area contributed by atoms with Crippen LogP contribution in [0.4, 0.5) is 5.69 Å². The number of esters is 2. The van der Waals surface area contributed by atoms with Gasteiger partial charge in [-0.25, -0.2) is 9.59 Å². The maximum atomic E-state index is 11.9. The first-order valence-corrected chi connectivity index (χ1v) is 8.72. The molecular formula is C20H20ClNO5. The highest BCUT2D eigenvalue weighted by molar-refractivity contribution is 6.30. The molecule has 0 fully saturated rings. The van der Waals surface area contributed by atoms with Crippen molar-refractivity contribution < 1.29 is 23.9 Å². The van der Waals surface area contributed by atoms with Crippen LogP contribution in [-0.4, -0.2) is 31.1 Å². The summed E-state index contributed by atoms with van der Waals surface area (Å²) in [6, 6.07) is 12.4. The fourth-order valence-electron chi connectivity index (χ4n) is 2.01. The maximum Gasteiger partial charge on any atom is 0.338 e. The second-order valence-corrected chi connectivity index (χ2v) is 6.64. The maximum absolute atomic E-state index is 11.9. The van der Waals surface area contributed by atoms with E-state index in [0.717, 1.165) is 0 Å². The van der Waals surface area contributed by atoms with Gasteiger partial charge < -0.3 is 14.8 Å². The Kier molecular flexibility index (Phi) is 7.37. The van der Waals surface area contributed by atoms with E-state index in [0.29, 0.717) is 28.4 Å². The summed E-state index contributed by atoms with van der Waals surface area (Å²) in [6.07, 6.45) is 0. The van der Waals surface area contributed by atoms with E-state index in [9.17, 15) is 14.4 Å². The van der Waals surface area contributed by atoms with Crippen LogP contribution in [0.25, 0.3) is 0 Å². The number of amides is 1. The van der Waals surface area contributed by atoms with Crippen molar-refractivity contribution in [3.05, 3.63) is 64.7 Å². The largest absolute Gasteiger partial charge is 0.462 e. The first kappa shape index (κ1) is 20.5. The van der Waals surface area contributed by atoms with Gasteiger partial charge >= 0.3 is 11.9 Å². The number of rotatable bonds is 7. The number of anilines is 1. The predicted molar refractivity (Wildman–Crippen MR) is 102 cm³/mol. The van der Waals surface area contributed by atoms with Crippen molar-refractivity contribution in [2.75, 3.05) is 18.5 Å². The Bertz CT molecular complexity index is 800. The number of carbonyl (C=O) groups excluding carboxylic acids is 3. The average molecular weight is 390 g/mol. The molecule has 142 valence electrons. The van der Waals surface area contributed by atoms with Gasteiger partial charge in [0.2, 0.25) is 0 Å². The van der Waals surface area contributed by atoms with E-state index >= 15 is 0 Å². The molecule has 6 nitrogen and oxygen atoms in total. The molecule has 2 aromatic carbocycles. The Hall–Kier alpha value is -2.86. The van der Waals surface area contributed by atoms with Gasteiger partial charge in [-0.3, -0.25) is 4.79 Å². The molecule has 0 aliphatic carbocycles. The SMILES string of the molecule is CC(C)COC(=O)c1ccc(NC(=O)COC(=O)c2ccc(Cl)cc2)cc1. The summed E-state index contributed by atoms with van der Waals surface area (Å²) in [5.41, 5.74) is 1.17. The lowest BCUT2D eigenvalue weighted by Crippen LogP contribution is -2.21. The van der Waals surface area contributed by atoms with Crippen molar-refractivity contribution in [3.63, 3.8) is 0 Å². The predicted octanol–water partition coefficient (Wildman–Crippen LogP) is 3.95. The fraction of sp³-hybridized carbons (Fsp3) is 0.250. The van der Waals surface area contributed by atoms with Crippen LogP contribution in [0, 0.1) is 5.92 Å². The molecule has 0 saturated carbocycles. The van der Waals surface area contributed by atoms with Crippen molar-refractivity contribution in [2.45, 2.75) is 13.8 Å². The molecule has 0 aliphatic heterocycles. The van der Waals surface area contributed by atoms with Gasteiger partial charge in [-0.05, 0) is 54.4 Å². The number of hydrogen-bond acceptors (Lipinski definition) is 5. The van der Waals surface area contributed by atoms with E-state index in [-0.39, 0.29) is 5.92 Å². The number of nitrogens with one attached hydrogen (secondary N) is 1. The van der Waals surface area contributed by atoms with E-state index in [1.54, 1.807) is 36.4 Å². The highest BCUT2D eigenvalue weighted by Gasteiger charge is 2.11. The molecule has 1 amide bonds. The summed E-state index contributed by atoms with van der Waals surface area (Å²) in [5, 5.41) is 3.09. The number of hydrogen-bond donors (Lipinski definition) is 1. The monoisotopic (exact) mass is 389 g/mol. The van der Waals surface area contributed by atoms with E-state index < -0.39 is 24.5 Å². The van der Waals surface area contributed by atoms with Gasteiger partial charge in [0.25, 0.3) is 5.91 Å². The van der Waals surface area contributed by atoms with Crippen LogP contribution in [0.15, 0.2) is 48.5 Å². The minimum Gasteiger partial charge on any atom is -0.462 e. The Morgan fingerprint density at radius 3 is 1.96 bits per heavy atom. The lowest BCUT2D eigenvalue weighted by molar-refractivity contribution is -0.119. The minimum absolute atomic E-state index is 0.253. The molecule has 0 aromatic heterocycles. The number of halogens is 1. The van der Waals surface area contributed by atoms with Crippen LogP contribution in [0.1, 0.15) is 34.6 Å². The summed E-state index contributed by atoms with van der Waals surface area (Å²) >= 11 is 5.75. The highest BCUT2D eigenvalue weighted by atomic mass is 35.5.